The molecular weight excluding hydrogens is 457 g/mol. The maximum absolute atomic E-state index is 13.8. The van der Waals surface area contributed by atoms with Crippen LogP contribution in [0.5, 0.6) is 0 Å². The largest absolute Gasteiger partial charge is 0.481 e. The molecule has 36 heavy (non-hydrogen) atoms. The zero-order valence-electron chi connectivity index (χ0n) is 20.4. The standard InChI is InChI=1S/C29H28FN3O3/c1-29(2,28(35)36)21-10-8-19(9-11-21)16-26(34)32-14-12-23-24-7-4-13-31-27(24)33(25(23)18-32)17-20-5-3-6-22(30)15-20/h3-11,13,15H,12,14,16-18H2,1-2H3,(H,35,36). The Morgan fingerprint density at radius 2 is 1.83 bits per heavy atom. The van der Waals surface area contributed by atoms with E-state index >= 15 is 0 Å². The summed E-state index contributed by atoms with van der Waals surface area (Å²) in [5, 5.41) is 10.5. The quantitative estimate of drug-likeness (QED) is 0.429. The summed E-state index contributed by atoms with van der Waals surface area (Å²) >= 11 is 0. The molecule has 184 valence electrons. The number of aliphatic carboxylic acids is 1. The van der Waals surface area contributed by atoms with Crippen LogP contribution in [0.25, 0.3) is 11.0 Å². The molecule has 1 N–H and O–H groups in total. The number of amides is 1. The summed E-state index contributed by atoms with van der Waals surface area (Å²) in [6.07, 6.45) is 2.73. The van der Waals surface area contributed by atoms with Gasteiger partial charge >= 0.3 is 5.97 Å². The number of benzene rings is 2. The molecule has 5 rings (SSSR count). The van der Waals surface area contributed by atoms with Gasteiger partial charge in [0.25, 0.3) is 0 Å². The third kappa shape index (κ3) is 4.37. The third-order valence-corrected chi connectivity index (χ3v) is 7.16. The maximum atomic E-state index is 13.8. The number of fused-ring (bicyclic) bond motifs is 3. The van der Waals surface area contributed by atoms with Gasteiger partial charge in [-0.15, -0.1) is 0 Å². The topological polar surface area (TPSA) is 75.4 Å². The minimum absolute atomic E-state index is 0.0152. The highest BCUT2D eigenvalue weighted by Gasteiger charge is 2.30. The van der Waals surface area contributed by atoms with E-state index in [1.165, 1.54) is 17.7 Å². The van der Waals surface area contributed by atoms with E-state index in [1.807, 2.05) is 29.2 Å². The Hall–Kier alpha value is -4.00. The molecule has 0 saturated carbocycles. The number of rotatable bonds is 6. The fourth-order valence-corrected chi connectivity index (χ4v) is 4.91. The molecule has 6 nitrogen and oxygen atoms in total. The summed E-state index contributed by atoms with van der Waals surface area (Å²) in [6.45, 7) is 4.88. The molecule has 0 fully saturated rings. The van der Waals surface area contributed by atoms with Crippen LogP contribution in [0.15, 0.2) is 66.9 Å². The van der Waals surface area contributed by atoms with E-state index in [9.17, 15) is 19.1 Å². The van der Waals surface area contributed by atoms with Crippen LogP contribution in [0.2, 0.25) is 0 Å². The normalized spacial score (nSPS) is 13.6. The van der Waals surface area contributed by atoms with Crippen molar-refractivity contribution in [3.8, 4) is 0 Å². The zero-order chi connectivity index (χ0) is 25.4. The van der Waals surface area contributed by atoms with Gasteiger partial charge in [-0.3, -0.25) is 9.59 Å². The molecule has 2 aromatic carbocycles. The van der Waals surface area contributed by atoms with Gasteiger partial charge in [0.05, 0.1) is 18.4 Å². The highest BCUT2D eigenvalue weighted by Crippen LogP contribution is 2.31. The second kappa shape index (κ2) is 9.22. The monoisotopic (exact) mass is 485 g/mol. The minimum Gasteiger partial charge on any atom is -0.481 e. The fourth-order valence-electron chi connectivity index (χ4n) is 4.91. The summed E-state index contributed by atoms with van der Waals surface area (Å²) in [5.41, 5.74) is 4.46. The molecule has 0 saturated heterocycles. The molecule has 0 unspecified atom stereocenters. The first-order chi connectivity index (χ1) is 17.2. The Morgan fingerprint density at radius 1 is 1.06 bits per heavy atom. The van der Waals surface area contributed by atoms with E-state index in [4.69, 9.17) is 0 Å². The number of carbonyl (C=O) groups excluding carboxylic acids is 1. The number of pyridine rings is 1. The van der Waals surface area contributed by atoms with Crippen molar-refractivity contribution >= 4 is 22.9 Å². The average Bonchev–Trinajstić information content (AvgIpc) is 3.17. The lowest BCUT2D eigenvalue weighted by atomic mass is 9.84. The van der Waals surface area contributed by atoms with Gasteiger partial charge in [0.2, 0.25) is 5.91 Å². The smallest absolute Gasteiger partial charge is 0.313 e. The predicted molar refractivity (Wildman–Crippen MR) is 135 cm³/mol. The molecule has 1 amide bonds. The summed E-state index contributed by atoms with van der Waals surface area (Å²) < 4.78 is 15.9. The molecule has 2 aromatic heterocycles. The number of aromatic nitrogens is 2. The molecule has 3 heterocycles. The summed E-state index contributed by atoms with van der Waals surface area (Å²) in [6, 6.07) is 17.8. The lowest BCUT2D eigenvalue weighted by molar-refractivity contribution is -0.142. The second-order valence-corrected chi connectivity index (χ2v) is 9.89. The molecule has 0 bridgehead atoms. The van der Waals surface area contributed by atoms with Crippen LogP contribution in [-0.2, 0) is 40.9 Å². The summed E-state index contributed by atoms with van der Waals surface area (Å²) in [5.74, 6) is -1.15. The number of halogens is 1. The molecular formula is C29H28FN3O3. The third-order valence-electron chi connectivity index (χ3n) is 7.16. The van der Waals surface area contributed by atoms with Crippen LogP contribution in [-0.4, -0.2) is 38.0 Å². The Kier molecular flexibility index (Phi) is 6.08. The number of hydrogen-bond acceptors (Lipinski definition) is 3. The van der Waals surface area contributed by atoms with E-state index in [1.54, 1.807) is 38.2 Å². The molecule has 0 radical (unpaired) electrons. The van der Waals surface area contributed by atoms with Crippen LogP contribution >= 0.6 is 0 Å². The maximum Gasteiger partial charge on any atom is 0.313 e. The number of carboxylic acids is 1. The Morgan fingerprint density at radius 3 is 2.56 bits per heavy atom. The van der Waals surface area contributed by atoms with Crippen molar-refractivity contribution in [2.24, 2.45) is 0 Å². The van der Waals surface area contributed by atoms with E-state index in [0.29, 0.717) is 25.2 Å². The predicted octanol–water partition coefficient (Wildman–Crippen LogP) is 4.71. The van der Waals surface area contributed by atoms with Crippen LogP contribution in [0.3, 0.4) is 0 Å². The molecule has 1 aliphatic rings. The van der Waals surface area contributed by atoms with Crippen LogP contribution in [0, 0.1) is 5.82 Å². The van der Waals surface area contributed by atoms with Crippen molar-refractivity contribution in [2.75, 3.05) is 6.54 Å². The van der Waals surface area contributed by atoms with Gasteiger partial charge in [0.15, 0.2) is 0 Å². The number of nitrogens with zero attached hydrogens (tertiary/aromatic N) is 3. The van der Waals surface area contributed by atoms with Crippen molar-refractivity contribution in [1.82, 2.24) is 14.5 Å². The number of carboxylic acid groups (broad SMARTS) is 1. The highest BCUT2D eigenvalue weighted by molar-refractivity contribution is 5.84. The van der Waals surface area contributed by atoms with Gasteiger partial charge in [0.1, 0.15) is 11.5 Å². The molecule has 7 heteroatoms. The van der Waals surface area contributed by atoms with Gasteiger partial charge in [-0.05, 0) is 66.8 Å². The number of hydrogen-bond donors (Lipinski definition) is 1. The van der Waals surface area contributed by atoms with Gasteiger partial charge in [0, 0.05) is 30.4 Å². The van der Waals surface area contributed by atoms with Crippen molar-refractivity contribution in [3.05, 3.63) is 101 Å². The van der Waals surface area contributed by atoms with Crippen LogP contribution < -0.4 is 0 Å². The van der Waals surface area contributed by atoms with E-state index in [0.717, 1.165) is 34.3 Å². The lowest BCUT2D eigenvalue weighted by Crippen LogP contribution is -2.37. The van der Waals surface area contributed by atoms with Crippen LogP contribution in [0.4, 0.5) is 4.39 Å². The zero-order valence-corrected chi connectivity index (χ0v) is 20.4. The summed E-state index contributed by atoms with van der Waals surface area (Å²) in [7, 11) is 0. The Labute approximate surface area is 209 Å². The van der Waals surface area contributed by atoms with Crippen molar-refractivity contribution in [1.29, 1.82) is 0 Å². The van der Waals surface area contributed by atoms with Gasteiger partial charge in [-0.1, -0.05) is 36.4 Å². The first-order valence-corrected chi connectivity index (χ1v) is 12.0. The lowest BCUT2D eigenvalue weighted by Gasteiger charge is -2.29. The molecule has 4 aromatic rings. The number of carbonyl (C=O) groups is 2. The van der Waals surface area contributed by atoms with E-state index in [-0.39, 0.29) is 18.1 Å². The van der Waals surface area contributed by atoms with Crippen molar-refractivity contribution in [3.63, 3.8) is 0 Å². The Bertz CT molecular complexity index is 1460. The van der Waals surface area contributed by atoms with E-state index < -0.39 is 11.4 Å². The molecule has 0 spiro atoms. The fraction of sp³-hybridized carbons (Fsp3) is 0.276. The molecule has 0 atom stereocenters. The van der Waals surface area contributed by atoms with Crippen LogP contribution in [0.1, 0.15) is 41.8 Å². The molecule has 1 aliphatic heterocycles. The first-order valence-electron chi connectivity index (χ1n) is 12.0. The van der Waals surface area contributed by atoms with E-state index in [2.05, 4.69) is 15.6 Å². The minimum atomic E-state index is -0.991. The van der Waals surface area contributed by atoms with Crippen molar-refractivity contribution in [2.45, 2.75) is 45.2 Å². The SMILES string of the molecule is CC(C)(C(=O)O)c1ccc(CC(=O)N2CCc3c(n(Cc4cccc(F)c4)c4ncccc34)C2)cc1. The second-order valence-electron chi connectivity index (χ2n) is 9.89. The highest BCUT2D eigenvalue weighted by atomic mass is 19.1. The van der Waals surface area contributed by atoms with Gasteiger partial charge < -0.3 is 14.6 Å². The van der Waals surface area contributed by atoms with Crippen molar-refractivity contribution < 1.29 is 19.1 Å². The van der Waals surface area contributed by atoms with Gasteiger partial charge in [-0.25, -0.2) is 9.37 Å². The summed E-state index contributed by atoms with van der Waals surface area (Å²) in [4.78, 5) is 31.3. The Balaban J connectivity index is 1.39. The first kappa shape index (κ1) is 23.7. The molecule has 0 aliphatic carbocycles. The van der Waals surface area contributed by atoms with Gasteiger partial charge in [-0.2, -0.15) is 0 Å². The average molecular weight is 486 g/mol.